The van der Waals surface area contributed by atoms with Gasteiger partial charge in [-0.2, -0.15) is 11.3 Å². The molecule has 2 aromatic heterocycles. The molecule has 656 valence electrons. The number of hydrogen-bond donors (Lipinski definition) is 6. The number of carboxylic acids is 6. The highest BCUT2D eigenvalue weighted by Crippen LogP contribution is 2.42. The Morgan fingerprint density at radius 3 is 0.873 bits per heavy atom. The van der Waals surface area contributed by atoms with Crippen LogP contribution in [0.15, 0.2) is 283 Å². The van der Waals surface area contributed by atoms with E-state index >= 15 is 0 Å². The van der Waals surface area contributed by atoms with Crippen molar-refractivity contribution in [1.82, 2.24) is 9.88 Å². The topological polar surface area (TPSA) is 311 Å². The number of hydrogen-bond acceptors (Lipinski definition) is 15. The molecule has 20 nitrogen and oxygen atoms in total. The van der Waals surface area contributed by atoms with Crippen LogP contribution in [0.4, 0.5) is 0 Å². The molecule has 0 saturated carbocycles. The van der Waals surface area contributed by atoms with Crippen LogP contribution in [0.1, 0.15) is 190 Å². The number of amides is 1. The summed E-state index contributed by atoms with van der Waals surface area (Å²) >= 11 is 2.77. The van der Waals surface area contributed by atoms with Gasteiger partial charge in [0.05, 0.1) is 44.7 Å². The molecule has 0 radical (unpaired) electrons. The fourth-order valence-corrected chi connectivity index (χ4v) is 16.3. The number of ether oxygens (including phenoxy) is 4. The van der Waals surface area contributed by atoms with E-state index in [4.69, 9.17) is 18.9 Å². The summed E-state index contributed by atoms with van der Waals surface area (Å²) in [6, 6.07) is 78.3. The van der Waals surface area contributed by atoms with Crippen LogP contribution in [0, 0.1) is 0 Å². The first kappa shape index (κ1) is 97.1. The molecule has 0 fully saturated rings. The second-order valence-corrected chi connectivity index (χ2v) is 35.8. The maximum atomic E-state index is 13.0. The van der Waals surface area contributed by atoms with Crippen LogP contribution in [0.2, 0.25) is 0 Å². The van der Waals surface area contributed by atoms with E-state index in [1.807, 2.05) is 272 Å². The zero-order valence-electron chi connectivity index (χ0n) is 73.7. The summed E-state index contributed by atoms with van der Waals surface area (Å²) in [5, 5.41) is 65.2. The number of Topliss-reactive ketones (excluding diaryl/α,β-unsaturated/α-hetero) is 1. The molecule has 126 heavy (non-hydrogen) atoms. The molecule has 0 saturated heterocycles. The van der Waals surface area contributed by atoms with Gasteiger partial charge in [0.1, 0.15) is 0 Å². The number of aromatic nitrogens is 1. The van der Waals surface area contributed by atoms with Gasteiger partial charge in [0, 0.05) is 60.8 Å². The zero-order chi connectivity index (χ0) is 92.2. The van der Waals surface area contributed by atoms with E-state index in [1.54, 1.807) is 119 Å². The molecule has 22 heteroatoms. The number of thiophene rings is 1. The fraction of sp³-hybridized carbons (Fsp3) is 0.279. The molecule has 0 aliphatic rings. The Morgan fingerprint density at radius 1 is 0.317 bits per heavy atom. The molecule has 0 bridgehead atoms. The summed E-state index contributed by atoms with van der Waals surface area (Å²) in [5.41, 5.74) is 6.08. The highest BCUT2D eigenvalue weighted by Gasteiger charge is 2.50. The molecule has 0 aliphatic heterocycles. The maximum absolute atomic E-state index is 13.0. The lowest BCUT2D eigenvalue weighted by Gasteiger charge is -2.37. The number of ketones is 1. The molecule has 12 rings (SSSR count). The van der Waals surface area contributed by atoms with E-state index in [-0.39, 0.29) is 48.5 Å². The molecule has 2 heterocycles. The van der Waals surface area contributed by atoms with Crippen LogP contribution < -0.4 is 0 Å². The van der Waals surface area contributed by atoms with Crippen molar-refractivity contribution in [2.45, 2.75) is 174 Å². The standard InChI is InChI=1S/C27H32N2O4S.C27H28O4.C26H26O5.C24H24O5S/c1-6-29(7-2)24(30)22-11-9-8-10-21(22)20-14-12-19(13-15-20)16-27(25(31)32,33-26(3,4)5)23-17-34-18-28-23;1-19(28)23-12-8-9-13-24(23)21-16-14-20(15-17-21)18-27(25(29)30,31-26(2,3)4)22-10-6-5-7-11-22;1-25(2,3)31-26(24(29)30,20-9-5-4-6-10-20)17-18-13-15-19(16-14-18)21-11-7-8-12-22(21)23(27)28;1-23(2,3)29-24(22(27)28,18-12-13-30-15-18)14-16-8-10-17(11-9-16)19-6-4-5-7-20(19)21(25)26/h8-15,17-18H,6-7,16H2,1-5H3,(H,31,32);5-17H,18H2,1-4H3,(H,29,30);4-16H,17H2,1-3H3,(H,27,28)(H,29,30);4-13,15H,14H2,1-3H3,(H,25,26)(H,27,28). The van der Waals surface area contributed by atoms with Gasteiger partial charge in [0.15, 0.2) is 22.6 Å². The average molecular weight is 1740 g/mol. The summed E-state index contributed by atoms with van der Waals surface area (Å²) in [5.74, 6) is -6.19. The lowest BCUT2D eigenvalue weighted by molar-refractivity contribution is -0.188. The number of thiazole rings is 1. The van der Waals surface area contributed by atoms with Crippen molar-refractivity contribution in [2.75, 3.05) is 13.1 Å². The second kappa shape index (κ2) is 41.9. The first-order chi connectivity index (χ1) is 59.5. The summed E-state index contributed by atoms with van der Waals surface area (Å²) < 4.78 is 24.6. The lowest BCUT2D eigenvalue weighted by Crippen LogP contribution is -2.46. The van der Waals surface area contributed by atoms with Crippen molar-refractivity contribution in [2.24, 2.45) is 0 Å². The molecular weight excluding hydrogens is 1630 g/mol. The molecule has 0 spiro atoms. The van der Waals surface area contributed by atoms with Gasteiger partial charge in [-0.1, -0.05) is 237 Å². The third kappa shape index (κ3) is 24.9. The Balaban J connectivity index is 0.000000190. The van der Waals surface area contributed by atoms with Crippen LogP contribution in [0.25, 0.3) is 44.5 Å². The maximum Gasteiger partial charge on any atom is 0.342 e. The molecule has 4 atom stereocenters. The van der Waals surface area contributed by atoms with Gasteiger partial charge >= 0.3 is 35.8 Å². The Labute approximate surface area is 744 Å². The van der Waals surface area contributed by atoms with Gasteiger partial charge in [-0.3, -0.25) is 9.59 Å². The molecule has 0 aliphatic carbocycles. The summed E-state index contributed by atoms with van der Waals surface area (Å²) in [7, 11) is 0. The zero-order valence-corrected chi connectivity index (χ0v) is 75.3. The molecular formula is C104H110N2O18S2. The van der Waals surface area contributed by atoms with Crippen LogP contribution in [-0.2, 0) is 86.2 Å². The molecule has 6 N–H and O–H groups in total. The number of carbonyl (C=O) groups is 8. The predicted octanol–water partition coefficient (Wildman–Crippen LogP) is 22.4. The number of rotatable bonds is 30. The number of carbonyl (C=O) groups excluding carboxylic acids is 2. The van der Waals surface area contributed by atoms with E-state index in [1.165, 1.54) is 22.7 Å². The van der Waals surface area contributed by atoms with Crippen LogP contribution in [-0.4, -0.2) is 124 Å². The van der Waals surface area contributed by atoms with Gasteiger partial charge in [-0.05, 0) is 217 Å². The van der Waals surface area contributed by atoms with Crippen LogP contribution in [0.5, 0.6) is 0 Å². The fourth-order valence-electron chi connectivity index (χ4n) is 15.0. The third-order valence-electron chi connectivity index (χ3n) is 20.3. The minimum Gasteiger partial charge on any atom is -0.479 e. The average Bonchev–Trinajstić information content (AvgIpc) is 1.13. The first-order valence-electron chi connectivity index (χ1n) is 41.2. The smallest absolute Gasteiger partial charge is 0.342 e. The van der Waals surface area contributed by atoms with E-state index in [0.717, 1.165) is 55.6 Å². The minimum atomic E-state index is -1.60. The largest absolute Gasteiger partial charge is 0.479 e. The molecule has 4 unspecified atom stereocenters. The number of benzene rings is 10. The number of aliphatic carboxylic acids is 4. The number of nitrogens with zero attached hydrogens (tertiary/aromatic N) is 2. The predicted molar refractivity (Wildman–Crippen MR) is 493 cm³/mol. The van der Waals surface area contributed by atoms with Crippen molar-refractivity contribution in [3.05, 3.63) is 349 Å². The number of carboxylic acid groups (broad SMARTS) is 6. The van der Waals surface area contributed by atoms with Crippen LogP contribution in [0.3, 0.4) is 0 Å². The third-order valence-corrected chi connectivity index (χ3v) is 21.6. The monoisotopic (exact) mass is 1740 g/mol. The second-order valence-electron chi connectivity index (χ2n) is 34.3. The van der Waals surface area contributed by atoms with Gasteiger partial charge < -0.3 is 54.5 Å². The van der Waals surface area contributed by atoms with Crippen molar-refractivity contribution in [3.63, 3.8) is 0 Å². The van der Waals surface area contributed by atoms with Gasteiger partial charge in [0.25, 0.3) is 5.91 Å². The van der Waals surface area contributed by atoms with E-state index in [0.29, 0.717) is 57.7 Å². The van der Waals surface area contributed by atoms with Crippen molar-refractivity contribution in [1.29, 1.82) is 0 Å². The quantitative estimate of drug-likeness (QED) is 0.0228. The van der Waals surface area contributed by atoms with Crippen molar-refractivity contribution >= 4 is 70.2 Å². The Hall–Kier alpha value is -12.7. The minimum absolute atomic E-state index is 0.00307. The highest BCUT2D eigenvalue weighted by atomic mass is 32.1. The summed E-state index contributed by atoms with van der Waals surface area (Å²) in [6.45, 7) is 28.9. The Kier molecular flexibility index (Phi) is 32.3. The van der Waals surface area contributed by atoms with Crippen LogP contribution >= 0.6 is 22.7 Å². The van der Waals surface area contributed by atoms with Gasteiger partial charge in [-0.15, -0.1) is 11.3 Å². The SMILES string of the molecule is CC(=O)c1ccccc1-c1ccc(CC(OC(C)(C)C)(C(=O)O)c2ccccc2)cc1.CC(C)(C)OC(Cc1ccc(-c2ccccc2C(=O)O)cc1)(C(=O)O)c1ccccc1.CC(C)(C)OC(Cc1ccc(-c2ccccc2C(=O)O)cc1)(C(=O)O)c1ccsc1.CCN(CC)C(=O)c1ccccc1-c1ccc(CC(OC(C)(C)C)(C(=O)O)c2cscn2)cc1. The van der Waals surface area contributed by atoms with E-state index in [2.05, 4.69) is 4.98 Å². The number of aromatic carboxylic acids is 2. The molecule has 1 amide bonds. The van der Waals surface area contributed by atoms with Gasteiger partial charge in [0.2, 0.25) is 5.60 Å². The summed E-state index contributed by atoms with van der Waals surface area (Å²) in [4.78, 5) is 104. The van der Waals surface area contributed by atoms with E-state index in [9.17, 15) is 69.0 Å². The molecule has 12 aromatic rings. The highest BCUT2D eigenvalue weighted by molar-refractivity contribution is 7.08. The van der Waals surface area contributed by atoms with E-state index < -0.39 is 80.6 Å². The van der Waals surface area contributed by atoms with Gasteiger partial charge in [-0.25, -0.2) is 33.8 Å². The molecule has 10 aromatic carbocycles. The summed E-state index contributed by atoms with van der Waals surface area (Å²) in [6.07, 6.45) is 0.587. The Bertz CT molecular complexity index is 5520. The normalized spacial score (nSPS) is 13.4. The van der Waals surface area contributed by atoms with Crippen molar-refractivity contribution < 1.29 is 87.9 Å². The Morgan fingerprint density at radius 2 is 0.595 bits per heavy atom. The lowest BCUT2D eigenvalue weighted by atomic mass is 9.85. The van der Waals surface area contributed by atoms with Crippen molar-refractivity contribution in [3.8, 4) is 44.5 Å². The first-order valence-corrected chi connectivity index (χ1v) is 43.1.